The molecule has 1 N–H and O–H groups in total. The molecule has 1 atom stereocenters. The van der Waals surface area contributed by atoms with Crippen molar-refractivity contribution in [3.63, 3.8) is 0 Å². The minimum absolute atomic E-state index is 0.186. The molecule has 2 rings (SSSR count). The van der Waals surface area contributed by atoms with Crippen LogP contribution in [0.25, 0.3) is 0 Å². The molecular weight excluding hydrogens is 235 g/mol. The lowest BCUT2D eigenvalue weighted by Gasteiger charge is -2.13. The molecule has 0 fully saturated rings. The molecule has 0 aliphatic rings. The van der Waals surface area contributed by atoms with Crippen LogP contribution in [0.15, 0.2) is 29.6 Å². The van der Waals surface area contributed by atoms with Crippen molar-refractivity contribution >= 4 is 11.3 Å². The third-order valence-corrected chi connectivity index (χ3v) is 3.49. The second-order valence-corrected chi connectivity index (χ2v) is 5.03. The summed E-state index contributed by atoms with van der Waals surface area (Å²) >= 11 is 1.65. The van der Waals surface area contributed by atoms with E-state index in [1.54, 1.807) is 11.3 Å². The molecule has 0 amide bonds. The van der Waals surface area contributed by atoms with Crippen molar-refractivity contribution in [2.75, 3.05) is 7.05 Å². The van der Waals surface area contributed by atoms with Crippen LogP contribution < -0.4 is 5.32 Å². The number of thiazole rings is 1. The molecule has 0 saturated heterocycles. The summed E-state index contributed by atoms with van der Waals surface area (Å²) in [6.07, 6.45) is 0.819. The van der Waals surface area contributed by atoms with E-state index in [1.807, 2.05) is 26.1 Å². The van der Waals surface area contributed by atoms with Crippen LogP contribution >= 0.6 is 11.3 Å². The van der Waals surface area contributed by atoms with Crippen LogP contribution in [0.3, 0.4) is 0 Å². The van der Waals surface area contributed by atoms with E-state index in [4.69, 9.17) is 0 Å². The fraction of sp³-hybridized carbons (Fsp3) is 0.308. The van der Waals surface area contributed by atoms with Gasteiger partial charge in [-0.2, -0.15) is 0 Å². The van der Waals surface area contributed by atoms with E-state index in [9.17, 15) is 4.39 Å². The van der Waals surface area contributed by atoms with Gasteiger partial charge in [-0.25, -0.2) is 9.37 Å². The molecule has 0 bridgehead atoms. The van der Waals surface area contributed by atoms with E-state index in [1.165, 1.54) is 12.1 Å². The number of likely N-dealkylation sites (N-methyl/N-ethyl adjacent to an activating group) is 1. The van der Waals surface area contributed by atoms with Gasteiger partial charge in [0.05, 0.1) is 16.7 Å². The minimum atomic E-state index is -0.195. The maximum atomic E-state index is 12.8. The molecular formula is C13H15FN2S. The van der Waals surface area contributed by atoms with Crippen molar-refractivity contribution in [3.05, 3.63) is 51.7 Å². The Morgan fingerprint density at radius 2 is 2.06 bits per heavy atom. The topological polar surface area (TPSA) is 24.9 Å². The Morgan fingerprint density at radius 3 is 2.59 bits per heavy atom. The predicted molar refractivity (Wildman–Crippen MR) is 68.8 cm³/mol. The molecule has 0 spiro atoms. The lowest BCUT2D eigenvalue weighted by atomic mass is 10.0. The van der Waals surface area contributed by atoms with E-state index in [0.29, 0.717) is 0 Å². The Bertz CT molecular complexity index is 478. The van der Waals surface area contributed by atoms with Crippen molar-refractivity contribution in [3.8, 4) is 0 Å². The van der Waals surface area contributed by atoms with Gasteiger partial charge in [0.1, 0.15) is 5.82 Å². The van der Waals surface area contributed by atoms with Gasteiger partial charge in [0.25, 0.3) is 0 Å². The molecule has 0 aliphatic heterocycles. The molecule has 17 heavy (non-hydrogen) atoms. The van der Waals surface area contributed by atoms with E-state index >= 15 is 0 Å². The monoisotopic (exact) mass is 250 g/mol. The number of benzene rings is 1. The Morgan fingerprint density at radius 1 is 1.35 bits per heavy atom. The minimum Gasteiger partial charge on any atom is -0.311 e. The average Bonchev–Trinajstić information content (AvgIpc) is 2.75. The van der Waals surface area contributed by atoms with Crippen molar-refractivity contribution < 1.29 is 4.39 Å². The van der Waals surface area contributed by atoms with E-state index < -0.39 is 0 Å². The maximum absolute atomic E-state index is 12.8. The average molecular weight is 250 g/mol. The third kappa shape index (κ3) is 3.11. The smallest absolute Gasteiger partial charge is 0.123 e. The zero-order chi connectivity index (χ0) is 12.3. The quantitative estimate of drug-likeness (QED) is 0.902. The second-order valence-electron chi connectivity index (χ2n) is 3.96. The first kappa shape index (κ1) is 12.2. The summed E-state index contributed by atoms with van der Waals surface area (Å²) in [5, 5.41) is 6.38. The van der Waals surface area contributed by atoms with Gasteiger partial charge in [0.15, 0.2) is 0 Å². The number of nitrogens with one attached hydrogen (secondary N) is 1. The van der Waals surface area contributed by atoms with Crippen LogP contribution in [0.4, 0.5) is 4.39 Å². The molecule has 1 unspecified atom stereocenters. The zero-order valence-corrected chi connectivity index (χ0v) is 10.7. The van der Waals surface area contributed by atoms with Gasteiger partial charge in [-0.1, -0.05) is 12.1 Å². The first-order valence-corrected chi connectivity index (χ1v) is 6.40. The molecule has 4 heteroatoms. The molecule has 0 radical (unpaired) electrons. The predicted octanol–water partition coefficient (Wildman–Crippen LogP) is 3.09. The Labute approximate surface area is 105 Å². The Balaban J connectivity index is 2.12. The highest BCUT2D eigenvalue weighted by Gasteiger charge is 2.12. The van der Waals surface area contributed by atoms with Crippen molar-refractivity contribution in [2.45, 2.75) is 19.4 Å². The summed E-state index contributed by atoms with van der Waals surface area (Å²) in [6, 6.07) is 6.81. The normalized spacial score (nSPS) is 12.6. The lowest BCUT2D eigenvalue weighted by molar-refractivity contribution is 0.576. The number of aryl methyl sites for hydroxylation is 1. The summed E-state index contributed by atoms with van der Waals surface area (Å²) in [7, 11) is 1.92. The molecule has 90 valence electrons. The van der Waals surface area contributed by atoms with Gasteiger partial charge in [0, 0.05) is 5.38 Å². The van der Waals surface area contributed by atoms with Gasteiger partial charge in [-0.3, -0.25) is 0 Å². The first-order chi connectivity index (χ1) is 8.19. The highest BCUT2D eigenvalue weighted by atomic mass is 32.1. The Hall–Kier alpha value is -1.26. The van der Waals surface area contributed by atoms with Gasteiger partial charge < -0.3 is 5.32 Å². The van der Waals surface area contributed by atoms with Gasteiger partial charge in [-0.15, -0.1) is 11.3 Å². The van der Waals surface area contributed by atoms with E-state index in [2.05, 4.69) is 15.7 Å². The standard InChI is InChI=1S/C13H15FN2S/c1-9-16-13(8-17-9)12(15-2)7-10-3-5-11(14)6-4-10/h3-6,8,12,15H,7H2,1-2H3. The molecule has 1 aromatic heterocycles. The zero-order valence-electron chi connectivity index (χ0n) is 9.90. The summed E-state index contributed by atoms with van der Waals surface area (Å²) in [6.45, 7) is 2.00. The first-order valence-electron chi connectivity index (χ1n) is 5.53. The molecule has 0 aliphatic carbocycles. The van der Waals surface area contributed by atoms with Gasteiger partial charge in [-0.05, 0) is 38.1 Å². The van der Waals surface area contributed by atoms with Crippen molar-refractivity contribution in [1.82, 2.24) is 10.3 Å². The van der Waals surface area contributed by atoms with Crippen LogP contribution in [0.2, 0.25) is 0 Å². The fourth-order valence-corrected chi connectivity index (χ4v) is 2.42. The summed E-state index contributed by atoms with van der Waals surface area (Å²) in [5.41, 5.74) is 2.16. The second kappa shape index (κ2) is 5.38. The van der Waals surface area contributed by atoms with Crippen LogP contribution in [-0.4, -0.2) is 12.0 Å². The van der Waals surface area contributed by atoms with Gasteiger partial charge in [0.2, 0.25) is 0 Å². The summed E-state index contributed by atoms with van der Waals surface area (Å²) in [4.78, 5) is 4.48. The number of hydrogen-bond acceptors (Lipinski definition) is 3. The molecule has 1 aromatic carbocycles. The maximum Gasteiger partial charge on any atom is 0.123 e. The number of halogens is 1. The molecule has 2 aromatic rings. The fourth-order valence-electron chi connectivity index (χ4n) is 1.75. The van der Waals surface area contributed by atoms with E-state index in [0.717, 1.165) is 22.7 Å². The molecule has 2 nitrogen and oxygen atoms in total. The summed E-state index contributed by atoms with van der Waals surface area (Å²) < 4.78 is 12.8. The van der Waals surface area contributed by atoms with Crippen molar-refractivity contribution in [2.24, 2.45) is 0 Å². The van der Waals surface area contributed by atoms with Crippen molar-refractivity contribution in [1.29, 1.82) is 0 Å². The Kier molecular flexibility index (Phi) is 3.86. The van der Waals surface area contributed by atoms with Crippen LogP contribution in [-0.2, 0) is 6.42 Å². The lowest BCUT2D eigenvalue weighted by Crippen LogP contribution is -2.19. The number of aromatic nitrogens is 1. The van der Waals surface area contributed by atoms with Gasteiger partial charge >= 0.3 is 0 Å². The largest absolute Gasteiger partial charge is 0.311 e. The number of hydrogen-bond donors (Lipinski definition) is 1. The highest BCUT2D eigenvalue weighted by Crippen LogP contribution is 2.20. The highest BCUT2D eigenvalue weighted by molar-refractivity contribution is 7.09. The molecule has 0 saturated carbocycles. The summed E-state index contributed by atoms with van der Waals surface area (Å²) in [5.74, 6) is -0.195. The molecule has 1 heterocycles. The third-order valence-electron chi connectivity index (χ3n) is 2.70. The SMILES string of the molecule is CNC(Cc1ccc(F)cc1)c1csc(C)n1. The van der Waals surface area contributed by atoms with Crippen LogP contribution in [0, 0.1) is 12.7 Å². The van der Waals surface area contributed by atoms with E-state index in [-0.39, 0.29) is 11.9 Å². The van der Waals surface area contributed by atoms with Crippen LogP contribution in [0.5, 0.6) is 0 Å². The number of rotatable bonds is 4. The number of nitrogens with zero attached hydrogens (tertiary/aromatic N) is 1. The van der Waals surface area contributed by atoms with Crippen LogP contribution in [0.1, 0.15) is 22.3 Å².